The molecule has 0 aliphatic rings. The summed E-state index contributed by atoms with van der Waals surface area (Å²) in [7, 11) is -2.40. The number of nitrogens with zero attached hydrogens (tertiary/aromatic N) is 3. The van der Waals surface area contributed by atoms with Crippen molar-refractivity contribution in [2.75, 3.05) is 0 Å². The first-order valence-corrected chi connectivity index (χ1v) is 6.70. The van der Waals surface area contributed by atoms with Crippen molar-refractivity contribution in [2.45, 2.75) is 11.5 Å². The average Bonchev–Trinajstić information content (AvgIpc) is 2.72. The molecule has 1 heterocycles. The molecule has 0 bridgehead atoms. The van der Waals surface area contributed by atoms with Gasteiger partial charge in [-0.3, -0.25) is 4.68 Å². The number of benzene rings is 1. The third-order valence-corrected chi connectivity index (χ3v) is 3.31. The van der Waals surface area contributed by atoms with Crippen LogP contribution in [0.15, 0.2) is 29.4 Å². The van der Waals surface area contributed by atoms with Gasteiger partial charge in [0.15, 0.2) is 5.82 Å². The van der Waals surface area contributed by atoms with E-state index in [1.54, 1.807) is 7.05 Å². The summed E-state index contributed by atoms with van der Waals surface area (Å²) in [5, 5.41) is 8.83. The molecule has 2 N–H and O–H groups in total. The molecule has 2 aromatic rings. The number of aromatic nitrogens is 3. The summed E-state index contributed by atoms with van der Waals surface area (Å²) < 4.78 is 42.5. The van der Waals surface area contributed by atoms with Crippen molar-refractivity contribution in [3.05, 3.63) is 36.2 Å². The number of sulfonamides is 1. The van der Waals surface area contributed by atoms with Crippen LogP contribution in [0.25, 0.3) is 0 Å². The van der Waals surface area contributed by atoms with Crippen molar-refractivity contribution in [3.8, 4) is 5.75 Å². The van der Waals surface area contributed by atoms with E-state index < -0.39 is 20.7 Å². The highest BCUT2D eigenvalue weighted by Gasteiger charge is 2.17. The minimum atomic E-state index is -4.06. The molecule has 7 nitrogen and oxygen atoms in total. The minimum Gasteiger partial charge on any atom is -0.484 e. The number of hydrogen-bond acceptors (Lipinski definition) is 5. The van der Waals surface area contributed by atoms with Crippen LogP contribution in [0, 0.1) is 5.82 Å². The van der Waals surface area contributed by atoms with Gasteiger partial charge in [0.05, 0.1) is 0 Å². The summed E-state index contributed by atoms with van der Waals surface area (Å²) in [6.45, 7) is -0.00927. The zero-order valence-corrected chi connectivity index (χ0v) is 10.8. The second kappa shape index (κ2) is 4.94. The van der Waals surface area contributed by atoms with Crippen LogP contribution in [0.4, 0.5) is 4.39 Å². The Hall–Kier alpha value is -2.00. The van der Waals surface area contributed by atoms with E-state index in [1.807, 2.05) is 0 Å². The molecule has 19 heavy (non-hydrogen) atoms. The van der Waals surface area contributed by atoms with Gasteiger partial charge in [-0.2, -0.15) is 5.10 Å². The van der Waals surface area contributed by atoms with Crippen molar-refractivity contribution in [2.24, 2.45) is 12.2 Å². The van der Waals surface area contributed by atoms with E-state index in [-0.39, 0.29) is 12.4 Å². The second-order valence-corrected chi connectivity index (χ2v) is 5.25. The third kappa shape index (κ3) is 3.06. The topological polar surface area (TPSA) is 100 Å². The van der Waals surface area contributed by atoms with Crippen LogP contribution < -0.4 is 9.88 Å². The molecule has 0 spiro atoms. The third-order valence-electron chi connectivity index (χ3n) is 2.37. The van der Waals surface area contributed by atoms with Crippen LogP contribution in [0.5, 0.6) is 5.75 Å². The van der Waals surface area contributed by atoms with Crippen LogP contribution in [-0.4, -0.2) is 23.2 Å². The second-order valence-electron chi connectivity index (χ2n) is 3.72. The van der Waals surface area contributed by atoms with E-state index in [4.69, 9.17) is 9.88 Å². The number of nitrogens with two attached hydrogens (primary N) is 1. The Morgan fingerprint density at radius 1 is 1.47 bits per heavy atom. The Bertz CT molecular complexity index is 699. The first-order valence-electron chi connectivity index (χ1n) is 5.16. The molecule has 0 saturated carbocycles. The van der Waals surface area contributed by atoms with Gasteiger partial charge in [0, 0.05) is 7.05 Å². The zero-order chi connectivity index (χ0) is 14.0. The van der Waals surface area contributed by atoms with Gasteiger partial charge < -0.3 is 4.74 Å². The lowest BCUT2D eigenvalue weighted by Crippen LogP contribution is -2.15. The Labute approximate surface area is 108 Å². The summed E-state index contributed by atoms with van der Waals surface area (Å²) in [5.74, 6) is -0.258. The Morgan fingerprint density at radius 2 is 2.21 bits per heavy atom. The highest BCUT2D eigenvalue weighted by atomic mass is 32.2. The average molecular weight is 286 g/mol. The van der Waals surface area contributed by atoms with Crippen molar-refractivity contribution in [1.29, 1.82) is 0 Å². The largest absolute Gasteiger partial charge is 0.484 e. The fraction of sp³-hybridized carbons (Fsp3) is 0.200. The SMILES string of the molecule is Cn1ncnc1COc1ccc(F)cc1S(N)(=O)=O. The number of primary sulfonamides is 1. The van der Waals surface area contributed by atoms with Gasteiger partial charge in [0.25, 0.3) is 0 Å². The zero-order valence-electron chi connectivity index (χ0n) is 9.95. The van der Waals surface area contributed by atoms with Gasteiger partial charge in [-0.25, -0.2) is 22.9 Å². The summed E-state index contributed by atoms with van der Waals surface area (Å²) >= 11 is 0. The number of hydrogen-bond donors (Lipinski definition) is 1. The van der Waals surface area contributed by atoms with E-state index in [2.05, 4.69) is 10.1 Å². The fourth-order valence-corrected chi connectivity index (χ4v) is 2.10. The molecule has 0 aliphatic carbocycles. The smallest absolute Gasteiger partial charge is 0.241 e. The lowest BCUT2D eigenvalue weighted by Gasteiger charge is -2.09. The quantitative estimate of drug-likeness (QED) is 0.864. The summed E-state index contributed by atoms with van der Waals surface area (Å²) in [5.41, 5.74) is 0. The number of rotatable bonds is 4. The van der Waals surface area contributed by atoms with Gasteiger partial charge in [-0.1, -0.05) is 0 Å². The van der Waals surface area contributed by atoms with Crippen LogP contribution in [0.1, 0.15) is 5.82 Å². The van der Waals surface area contributed by atoms with E-state index in [9.17, 15) is 12.8 Å². The lowest BCUT2D eigenvalue weighted by atomic mass is 10.3. The molecule has 9 heteroatoms. The van der Waals surface area contributed by atoms with Crippen LogP contribution >= 0.6 is 0 Å². The van der Waals surface area contributed by atoms with E-state index >= 15 is 0 Å². The van der Waals surface area contributed by atoms with Crippen molar-refractivity contribution in [3.63, 3.8) is 0 Å². The number of halogens is 1. The minimum absolute atomic E-state index is 0.00927. The van der Waals surface area contributed by atoms with Crippen LogP contribution in [0.3, 0.4) is 0 Å². The fourth-order valence-electron chi connectivity index (χ4n) is 1.42. The van der Waals surface area contributed by atoms with Gasteiger partial charge in [-0.05, 0) is 18.2 Å². The van der Waals surface area contributed by atoms with Crippen LogP contribution in [-0.2, 0) is 23.7 Å². The standard InChI is InChI=1S/C10H11FN4O3S/c1-15-10(13-6-14-15)5-18-8-3-2-7(11)4-9(8)19(12,16)17/h2-4,6H,5H2,1H3,(H2,12,16,17). The maximum Gasteiger partial charge on any atom is 0.241 e. The number of ether oxygens (including phenoxy) is 1. The molecule has 0 unspecified atom stereocenters. The highest BCUT2D eigenvalue weighted by molar-refractivity contribution is 7.89. The van der Waals surface area contributed by atoms with Gasteiger partial charge in [0.1, 0.15) is 29.4 Å². The molecule has 0 radical (unpaired) electrons. The molecule has 0 aliphatic heterocycles. The maximum absolute atomic E-state index is 13.1. The van der Waals surface area contributed by atoms with Gasteiger partial charge >= 0.3 is 0 Å². The Balaban J connectivity index is 2.28. The molecule has 0 saturated heterocycles. The maximum atomic E-state index is 13.1. The van der Waals surface area contributed by atoms with Gasteiger partial charge in [0.2, 0.25) is 10.0 Å². The van der Waals surface area contributed by atoms with Crippen LogP contribution in [0.2, 0.25) is 0 Å². The van der Waals surface area contributed by atoms with Crippen molar-refractivity contribution < 1.29 is 17.5 Å². The Morgan fingerprint density at radius 3 is 2.79 bits per heavy atom. The first kappa shape index (κ1) is 13.4. The molecule has 1 aromatic heterocycles. The van der Waals surface area contributed by atoms with E-state index in [1.165, 1.54) is 17.1 Å². The molecule has 1 aromatic carbocycles. The molecular weight excluding hydrogens is 275 g/mol. The predicted molar refractivity (Wildman–Crippen MR) is 63.1 cm³/mol. The van der Waals surface area contributed by atoms with E-state index in [0.717, 1.165) is 12.1 Å². The van der Waals surface area contributed by atoms with E-state index in [0.29, 0.717) is 5.82 Å². The Kier molecular flexibility index (Phi) is 3.49. The summed E-state index contributed by atoms with van der Waals surface area (Å²) in [6.07, 6.45) is 1.34. The van der Waals surface area contributed by atoms with Crippen molar-refractivity contribution in [1.82, 2.24) is 14.8 Å². The number of aryl methyl sites for hydroxylation is 1. The van der Waals surface area contributed by atoms with Gasteiger partial charge in [-0.15, -0.1) is 0 Å². The lowest BCUT2D eigenvalue weighted by molar-refractivity contribution is 0.281. The molecule has 102 valence electrons. The molecule has 2 rings (SSSR count). The molecule has 0 amide bonds. The van der Waals surface area contributed by atoms with Crippen molar-refractivity contribution >= 4 is 10.0 Å². The molecule has 0 fully saturated rings. The molecular formula is C10H11FN4O3S. The monoisotopic (exact) mass is 286 g/mol. The normalized spacial score (nSPS) is 11.5. The first-order chi connectivity index (χ1) is 8.88. The highest BCUT2D eigenvalue weighted by Crippen LogP contribution is 2.24. The predicted octanol–water partition coefficient (Wildman–Crippen LogP) is 0.181. The molecule has 0 atom stereocenters. The summed E-state index contributed by atoms with van der Waals surface area (Å²) in [4.78, 5) is 3.50. The summed E-state index contributed by atoms with van der Waals surface area (Å²) in [6, 6.07) is 3.09.